The van der Waals surface area contributed by atoms with Gasteiger partial charge in [0.05, 0.1) is 5.69 Å². The van der Waals surface area contributed by atoms with E-state index in [1.54, 1.807) is 6.92 Å². The van der Waals surface area contributed by atoms with Crippen molar-refractivity contribution in [2.45, 2.75) is 6.92 Å². The molecule has 4 N–H and O–H groups in total. The minimum Gasteiger partial charge on any atom is -0.478 e. The maximum atomic E-state index is 11.9. The van der Waals surface area contributed by atoms with Crippen LogP contribution in [0.5, 0.6) is 0 Å². The van der Waals surface area contributed by atoms with E-state index in [0.29, 0.717) is 5.69 Å². The lowest BCUT2D eigenvalue weighted by molar-refractivity contribution is 0.0697. The fourth-order valence-electron chi connectivity index (χ4n) is 1.68. The van der Waals surface area contributed by atoms with Crippen molar-refractivity contribution in [1.82, 2.24) is 9.97 Å². The van der Waals surface area contributed by atoms with E-state index in [4.69, 9.17) is 5.11 Å². The molecular formula is C12H11N3O4. The van der Waals surface area contributed by atoms with Crippen LogP contribution < -0.4 is 10.7 Å². The summed E-state index contributed by atoms with van der Waals surface area (Å²) in [6.45, 7) is 1.58. The van der Waals surface area contributed by atoms with E-state index >= 15 is 0 Å². The fraction of sp³-hybridized carbons (Fsp3) is 0.0833. The molecule has 0 aromatic carbocycles. The van der Waals surface area contributed by atoms with E-state index in [0.717, 1.165) is 0 Å². The molecule has 7 nitrogen and oxygen atoms in total. The Labute approximate surface area is 107 Å². The Morgan fingerprint density at radius 2 is 2.05 bits per heavy atom. The molecule has 7 heteroatoms. The Morgan fingerprint density at radius 3 is 2.68 bits per heavy atom. The first kappa shape index (κ1) is 12.6. The van der Waals surface area contributed by atoms with E-state index in [2.05, 4.69) is 15.3 Å². The molecule has 0 saturated heterocycles. The fourth-order valence-corrected chi connectivity index (χ4v) is 1.68. The Bertz CT molecular complexity index is 699. The second kappa shape index (κ2) is 4.81. The first-order chi connectivity index (χ1) is 9.00. The van der Waals surface area contributed by atoms with Crippen LogP contribution in [0.1, 0.15) is 26.4 Å². The van der Waals surface area contributed by atoms with Gasteiger partial charge in [0.2, 0.25) is 0 Å². The molecule has 2 aromatic rings. The van der Waals surface area contributed by atoms with E-state index in [1.807, 2.05) is 0 Å². The third-order valence-electron chi connectivity index (χ3n) is 2.61. The average Bonchev–Trinajstić information content (AvgIpc) is 2.70. The number of carboxylic acids is 1. The van der Waals surface area contributed by atoms with E-state index in [9.17, 15) is 14.4 Å². The topological polar surface area (TPSA) is 115 Å². The van der Waals surface area contributed by atoms with Gasteiger partial charge in [-0.2, -0.15) is 0 Å². The van der Waals surface area contributed by atoms with Crippen LogP contribution in [0.4, 0.5) is 5.69 Å². The van der Waals surface area contributed by atoms with Gasteiger partial charge in [-0.3, -0.25) is 9.59 Å². The molecule has 0 spiro atoms. The summed E-state index contributed by atoms with van der Waals surface area (Å²) in [5.41, 5.74) is -0.0122. The summed E-state index contributed by atoms with van der Waals surface area (Å²) in [5.74, 6) is -1.82. The van der Waals surface area contributed by atoms with Gasteiger partial charge in [0.25, 0.3) is 5.91 Å². The third kappa shape index (κ3) is 2.39. The van der Waals surface area contributed by atoms with E-state index in [-0.39, 0.29) is 16.8 Å². The Balaban J connectivity index is 2.33. The normalized spacial score (nSPS) is 10.2. The standard InChI is InChI=1S/C12H11N3O4/c1-6-10(12(18)19)8(5-14-6)15-11(17)7-4-13-3-2-9(7)16/h2-5,14H,1H3,(H,13,16)(H,15,17)(H,18,19). The summed E-state index contributed by atoms with van der Waals surface area (Å²) in [6, 6.07) is 1.22. The number of carbonyl (C=O) groups excluding carboxylic acids is 1. The molecule has 2 rings (SSSR count). The number of amides is 1. The zero-order valence-electron chi connectivity index (χ0n) is 9.98. The highest BCUT2D eigenvalue weighted by Gasteiger charge is 2.18. The third-order valence-corrected chi connectivity index (χ3v) is 2.61. The number of aromatic carboxylic acids is 1. The smallest absolute Gasteiger partial charge is 0.339 e. The summed E-state index contributed by atoms with van der Waals surface area (Å²) in [6.07, 6.45) is 4.04. The number of aromatic amines is 2. The van der Waals surface area contributed by atoms with Gasteiger partial charge in [0.15, 0.2) is 5.43 Å². The van der Waals surface area contributed by atoms with Crippen molar-refractivity contribution >= 4 is 17.6 Å². The maximum Gasteiger partial charge on any atom is 0.339 e. The number of nitrogens with one attached hydrogen (secondary N) is 3. The van der Waals surface area contributed by atoms with Gasteiger partial charge in [-0.15, -0.1) is 0 Å². The molecule has 1 amide bonds. The quantitative estimate of drug-likeness (QED) is 0.658. The van der Waals surface area contributed by atoms with Crippen molar-refractivity contribution in [2.24, 2.45) is 0 Å². The summed E-state index contributed by atoms with van der Waals surface area (Å²) >= 11 is 0. The number of H-pyrrole nitrogens is 2. The van der Waals surface area contributed by atoms with Crippen molar-refractivity contribution < 1.29 is 14.7 Å². The number of pyridine rings is 1. The molecule has 0 unspecified atom stereocenters. The van der Waals surface area contributed by atoms with Crippen LogP contribution in [0, 0.1) is 6.92 Å². The average molecular weight is 261 g/mol. The van der Waals surface area contributed by atoms with Crippen molar-refractivity contribution in [3.63, 3.8) is 0 Å². The summed E-state index contributed by atoms with van der Waals surface area (Å²) in [7, 11) is 0. The van der Waals surface area contributed by atoms with Crippen molar-refractivity contribution in [3.8, 4) is 0 Å². The highest BCUT2D eigenvalue weighted by Crippen LogP contribution is 2.19. The summed E-state index contributed by atoms with van der Waals surface area (Å²) in [4.78, 5) is 39.7. The van der Waals surface area contributed by atoms with Crippen LogP contribution in [-0.2, 0) is 0 Å². The van der Waals surface area contributed by atoms with Crippen LogP contribution >= 0.6 is 0 Å². The van der Waals surface area contributed by atoms with Crippen LogP contribution in [0.25, 0.3) is 0 Å². The predicted molar refractivity (Wildman–Crippen MR) is 67.5 cm³/mol. The Kier molecular flexibility index (Phi) is 3.19. The van der Waals surface area contributed by atoms with Gasteiger partial charge in [-0.05, 0) is 6.92 Å². The van der Waals surface area contributed by atoms with Crippen molar-refractivity contribution in [2.75, 3.05) is 5.32 Å². The zero-order chi connectivity index (χ0) is 14.0. The number of aromatic nitrogens is 2. The zero-order valence-corrected chi connectivity index (χ0v) is 9.98. The molecule has 0 atom stereocenters. The lowest BCUT2D eigenvalue weighted by atomic mass is 10.2. The highest BCUT2D eigenvalue weighted by molar-refractivity contribution is 6.07. The number of hydrogen-bond acceptors (Lipinski definition) is 3. The minimum atomic E-state index is -1.16. The molecule has 19 heavy (non-hydrogen) atoms. The lowest BCUT2D eigenvalue weighted by Crippen LogP contribution is -2.21. The van der Waals surface area contributed by atoms with Crippen molar-refractivity contribution in [3.05, 3.63) is 51.7 Å². The number of carbonyl (C=O) groups is 2. The molecule has 0 aliphatic carbocycles. The number of aryl methyl sites for hydroxylation is 1. The van der Waals surface area contributed by atoms with Gasteiger partial charge in [-0.1, -0.05) is 0 Å². The van der Waals surface area contributed by atoms with Crippen LogP contribution in [0.15, 0.2) is 29.5 Å². The van der Waals surface area contributed by atoms with Crippen LogP contribution in [0.2, 0.25) is 0 Å². The minimum absolute atomic E-state index is 0.0271. The van der Waals surface area contributed by atoms with Gasteiger partial charge in [-0.25, -0.2) is 4.79 Å². The van der Waals surface area contributed by atoms with Gasteiger partial charge in [0, 0.05) is 30.4 Å². The molecule has 0 fully saturated rings. The molecule has 98 valence electrons. The predicted octanol–water partition coefficient (Wildman–Crippen LogP) is 0.962. The van der Waals surface area contributed by atoms with Gasteiger partial charge < -0.3 is 20.4 Å². The highest BCUT2D eigenvalue weighted by atomic mass is 16.4. The monoisotopic (exact) mass is 261 g/mol. The van der Waals surface area contributed by atoms with E-state index < -0.39 is 17.3 Å². The first-order valence-corrected chi connectivity index (χ1v) is 5.40. The van der Waals surface area contributed by atoms with Gasteiger partial charge >= 0.3 is 5.97 Å². The maximum absolute atomic E-state index is 11.9. The van der Waals surface area contributed by atoms with Crippen LogP contribution in [0.3, 0.4) is 0 Å². The number of hydrogen-bond donors (Lipinski definition) is 4. The second-order valence-electron chi connectivity index (χ2n) is 3.88. The molecule has 0 saturated carbocycles. The molecule has 2 heterocycles. The summed E-state index contributed by atoms with van der Waals surface area (Å²) < 4.78 is 0. The number of carboxylic acid groups (broad SMARTS) is 1. The van der Waals surface area contributed by atoms with Crippen molar-refractivity contribution in [1.29, 1.82) is 0 Å². The largest absolute Gasteiger partial charge is 0.478 e. The van der Waals surface area contributed by atoms with Crippen LogP contribution in [-0.4, -0.2) is 27.0 Å². The van der Waals surface area contributed by atoms with Gasteiger partial charge in [0.1, 0.15) is 11.1 Å². The lowest BCUT2D eigenvalue weighted by Gasteiger charge is -2.04. The second-order valence-corrected chi connectivity index (χ2v) is 3.88. The number of rotatable bonds is 3. The SMILES string of the molecule is Cc1[nH]cc(NC(=O)c2c[nH]ccc2=O)c1C(=O)O. The molecule has 0 aliphatic rings. The summed E-state index contributed by atoms with van der Waals surface area (Å²) in [5, 5.41) is 11.4. The van der Waals surface area contributed by atoms with E-state index in [1.165, 1.54) is 24.7 Å². The molecule has 0 bridgehead atoms. The molecule has 0 radical (unpaired) electrons. The molecule has 0 aliphatic heterocycles. The Hall–Kier alpha value is -2.83. The Morgan fingerprint density at radius 1 is 1.32 bits per heavy atom. The number of anilines is 1. The molecular weight excluding hydrogens is 250 g/mol. The molecule has 2 aromatic heterocycles. The first-order valence-electron chi connectivity index (χ1n) is 5.40.